The summed E-state index contributed by atoms with van der Waals surface area (Å²) in [6, 6.07) is 4.99. The lowest BCUT2D eigenvalue weighted by molar-refractivity contribution is -0.141. The average Bonchev–Trinajstić information content (AvgIpc) is 2.59. The molecule has 3 rings (SSSR count). The first-order chi connectivity index (χ1) is 11.8. The van der Waals surface area contributed by atoms with Crippen LogP contribution in [-0.2, 0) is 6.18 Å². The van der Waals surface area contributed by atoms with Gasteiger partial charge in [0.15, 0.2) is 5.65 Å². The van der Waals surface area contributed by atoms with E-state index in [1.165, 1.54) is 32.5 Å². The number of pyridine rings is 2. The molecule has 130 valence electrons. The Hall–Kier alpha value is -3.17. The van der Waals surface area contributed by atoms with E-state index in [-0.39, 0.29) is 22.7 Å². The summed E-state index contributed by atoms with van der Waals surface area (Å²) in [5.74, 6) is 0.561. The summed E-state index contributed by atoms with van der Waals surface area (Å²) in [6.45, 7) is 0. The van der Waals surface area contributed by atoms with Gasteiger partial charge < -0.3 is 10.1 Å². The molecule has 0 amide bonds. The van der Waals surface area contributed by atoms with Crippen LogP contribution in [-0.4, -0.2) is 33.7 Å². The molecule has 3 aromatic heterocycles. The van der Waals surface area contributed by atoms with E-state index in [9.17, 15) is 18.0 Å². The van der Waals surface area contributed by atoms with Crippen LogP contribution in [0.1, 0.15) is 5.69 Å². The highest BCUT2D eigenvalue weighted by molar-refractivity contribution is 5.87. The summed E-state index contributed by atoms with van der Waals surface area (Å²) < 4.78 is 45.1. The van der Waals surface area contributed by atoms with Crippen molar-refractivity contribution < 1.29 is 17.9 Å². The summed E-state index contributed by atoms with van der Waals surface area (Å²) in [7, 11) is 2.93. The molecule has 10 heteroatoms. The van der Waals surface area contributed by atoms with Crippen LogP contribution in [0.2, 0.25) is 0 Å². The number of fused-ring (bicyclic) bond motifs is 1. The van der Waals surface area contributed by atoms with Gasteiger partial charge in [0.25, 0.3) is 0 Å². The van der Waals surface area contributed by atoms with Gasteiger partial charge in [-0.3, -0.25) is 0 Å². The van der Waals surface area contributed by atoms with Gasteiger partial charge in [0.2, 0.25) is 0 Å². The highest BCUT2D eigenvalue weighted by Crippen LogP contribution is 2.30. The van der Waals surface area contributed by atoms with Gasteiger partial charge in [-0.15, -0.1) is 0 Å². The third kappa shape index (κ3) is 2.97. The average molecular weight is 351 g/mol. The lowest BCUT2D eigenvalue weighted by Crippen LogP contribution is -2.25. The molecule has 0 spiro atoms. The molecule has 0 radical (unpaired) electrons. The fraction of sp³-hybridized carbons (Fsp3) is 0.200. The van der Waals surface area contributed by atoms with Crippen LogP contribution < -0.4 is 15.7 Å². The molecule has 0 saturated carbocycles. The maximum absolute atomic E-state index is 13.0. The van der Waals surface area contributed by atoms with E-state index in [0.29, 0.717) is 5.75 Å². The number of aromatic nitrogens is 4. The van der Waals surface area contributed by atoms with E-state index >= 15 is 0 Å². The van der Waals surface area contributed by atoms with Crippen LogP contribution in [0.25, 0.3) is 16.9 Å². The first kappa shape index (κ1) is 16.7. The number of hydrogen-bond acceptors (Lipinski definition) is 6. The number of methoxy groups -OCH3 is 1. The van der Waals surface area contributed by atoms with Crippen LogP contribution in [0.4, 0.5) is 19.0 Å². The minimum Gasteiger partial charge on any atom is -0.497 e. The third-order valence-electron chi connectivity index (χ3n) is 3.45. The van der Waals surface area contributed by atoms with E-state index < -0.39 is 17.6 Å². The summed E-state index contributed by atoms with van der Waals surface area (Å²) in [6.07, 6.45) is -3.29. The van der Waals surface area contributed by atoms with Crippen LogP contribution in [0.5, 0.6) is 5.75 Å². The molecule has 3 heterocycles. The van der Waals surface area contributed by atoms with E-state index in [2.05, 4.69) is 20.3 Å². The quantitative estimate of drug-likeness (QED) is 0.779. The third-order valence-corrected chi connectivity index (χ3v) is 3.45. The molecule has 0 aliphatic heterocycles. The van der Waals surface area contributed by atoms with E-state index in [1.54, 1.807) is 6.07 Å². The second-order valence-electron chi connectivity index (χ2n) is 4.95. The van der Waals surface area contributed by atoms with Crippen molar-refractivity contribution in [2.45, 2.75) is 6.18 Å². The van der Waals surface area contributed by atoms with Crippen molar-refractivity contribution in [2.24, 2.45) is 0 Å². The first-order valence-electron chi connectivity index (χ1n) is 7.04. The number of nitrogens with zero attached hydrogens (tertiary/aromatic N) is 4. The molecule has 0 aromatic carbocycles. The lowest BCUT2D eigenvalue weighted by atomic mass is 10.2. The Bertz CT molecular complexity index is 1000. The summed E-state index contributed by atoms with van der Waals surface area (Å²) in [4.78, 5) is 23.9. The topological polar surface area (TPSA) is 81.9 Å². The van der Waals surface area contributed by atoms with Crippen molar-refractivity contribution >= 4 is 16.9 Å². The van der Waals surface area contributed by atoms with Gasteiger partial charge >= 0.3 is 11.9 Å². The minimum atomic E-state index is -4.65. The zero-order valence-corrected chi connectivity index (χ0v) is 13.1. The Morgan fingerprint density at radius 2 is 1.96 bits per heavy atom. The molecular weight excluding hydrogens is 339 g/mol. The van der Waals surface area contributed by atoms with Crippen LogP contribution >= 0.6 is 0 Å². The Balaban J connectivity index is 2.40. The molecule has 1 N–H and O–H groups in total. The molecule has 0 aliphatic carbocycles. The van der Waals surface area contributed by atoms with Crippen molar-refractivity contribution in [1.29, 1.82) is 0 Å². The normalized spacial score (nSPS) is 11.6. The number of nitrogens with one attached hydrogen (secondary N) is 1. The van der Waals surface area contributed by atoms with Crippen molar-refractivity contribution in [2.75, 3.05) is 19.5 Å². The molecule has 3 aromatic rings. The van der Waals surface area contributed by atoms with Crippen LogP contribution in [0.3, 0.4) is 0 Å². The smallest absolute Gasteiger partial charge is 0.433 e. The van der Waals surface area contributed by atoms with Crippen LogP contribution in [0.15, 0.2) is 35.3 Å². The number of halogens is 3. The van der Waals surface area contributed by atoms with Gasteiger partial charge in [0.1, 0.15) is 23.1 Å². The molecule has 7 nitrogen and oxygen atoms in total. The zero-order chi connectivity index (χ0) is 18.2. The van der Waals surface area contributed by atoms with Crippen LogP contribution in [0, 0.1) is 0 Å². The monoisotopic (exact) mass is 351 g/mol. The van der Waals surface area contributed by atoms with E-state index in [1.807, 2.05) is 0 Å². The molecule has 0 unspecified atom stereocenters. The molecular formula is C15H12F3N5O2. The molecule has 0 saturated heterocycles. The standard InChI is InChI=1S/C15H12F3N5O2/c1-19-12-9-3-4-10(15(16,17)18)21-13(9)23(14(24)22-12)11-7-8(25-2)5-6-20-11/h3-7H,1-2H3,(H,19,22,24). The number of hydrogen-bond donors (Lipinski definition) is 1. The molecule has 0 fully saturated rings. The highest BCUT2D eigenvalue weighted by atomic mass is 19.4. The van der Waals surface area contributed by atoms with Gasteiger partial charge in [-0.1, -0.05) is 0 Å². The number of ether oxygens (including phenoxy) is 1. The fourth-order valence-electron chi connectivity index (χ4n) is 2.30. The summed E-state index contributed by atoms with van der Waals surface area (Å²) >= 11 is 0. The predicted octanol–water partition coefficient (Wildman–Crippen LogP) is 2.24. The Labute approximate surface area is 139 Å². The Kier molecular flexibility index (Phi) is 4.03. The van der Waals surface area contributed by atoms with Gasteiger partial charge in [0.05, 0.1) is 12.5 Å². The van der Waals surface area contributed by atoms with Crippen molar-refractivity contribution in [1.82, 2.24) is 19.5 Å². The SMILES string of the molecule is CNc1nc(=O)n(-c2cc(OC)ccn2)c2nc(C(F)(F)F)ccc12. The first-order valence-corrected chi connectivity index (χ1v) is 7.04. The molecule has 0 aliphatic rings. The molecule has 25 heavy (non-hydrogen) atoms. The van der Waals surface area contributed by atoms with E-state index in [4.69, 9.17) is 4.74 Å². The van der Waals surface area contributed by atoms with E-state index in [0.717, 1.165) is 10.6 Å². The number of anilines is 1. The molecule has 0 atom stereocenters. The Morgan fingerprint density at radius 1 is 1.20 bits per heavy atom. The number of rotatable bonds is 3. The maximum atomic E-state index is 13.0. The van der Waals surface area contributed by atoms with Gasteiger partial charge in [-0.05, 0) is 18.2 Å². The van der Waals surface area contributed by atoms with Crippen molar-refractivity contribution in [3.05, 3.63) is 46.6 Å². The predicted molar refractivity (Wildman–Crippen MR) is 84.0 cm³/mol. The van der Waals surface area contributed by atoms with Crippen molar-refractivity contribution in [3.63, 3.8) is 0 Å². The van der Waals surface area contributed by atoms with Gasteiger partial charge in [0, 0.05) is 19.3 Å². The second kappa shape index (κ2) is 6.04. The van der Waals surface area contributed by atoms with Gasteiger partial charge in [-0.2, -0.15) is 18.2 Å². The summed E-state index contributed by atoms with van der Waals surface area (Å²) in [5.41, 5.74) is -2.14. The summed E-state index contributed by atoms with van der Waals surface area (Å²) in [5, 5.41) is 2.93. The zero-order valence-electron chi connectivity index (χ0n) is 13.1. The van der Waals surface area contributed by atoms with Gasteiger partial charge in [-0.25, -0.2) is 19.3 Å². The minimum absolute atomic E-state index is 0.0522. The lowest BCUT2D eigenvalue weighted by Gasteiger charge is -2.13. The highest BCUT2D eigenvalue weighted by Gasteiger charge is 2.33. The Morgan fingerprint density at radius 3 is 2.60 bits per heavy atom. The number of alkyl halides is 3. The maximum Gasteiger partial charge on any atom is 0.433 e. The molecule has 0 bridgehead atoms. The fourth-order valence-corrected chi connectivity index (χ4v) is 2.30. The largest absolute Gasteiger partial charge is 0.497 e. The second-order valence-corrected chi connectivity index (χ2v) is 4.95. The van der Waals surface area contributed by atoms with Crippen molar-refractivity contribution in [3.8, 4) is 11.6 Å².